The van der Waals surface area contributed by atoms with Gasteiger partial charge in [-0.1, -0.05) is 224 Å². The third-order valence-electron chi connectivity index (χ3n) is 16.4. The van der Waals surface area contributed by atoms with E-state index in [2.05, 4.69) is 254 Å². The molecule has 1 heteroatoms. The molecule has 12 aromatic carbocycles. The highest BCUT2D eigenvalue weighted by Gasteiger charge is 2.56. The van der Waals surface area contributed by atoms with Crippen LogP contribution in [0, 0.1) is 0 Å². The predicted octanol–water partition coefficient (Wildman–Crippen LogP) is 17.3. The molecule has 0 N–H and O–H groups in total. The fraction of sp³-hybridized carbons (Fsp3) is 0.0294. The Balaban J connectivity index is 1.09. The van der Waals surface area contributed by atoms with Crippen LogP contribution in [0.25, 0.3) is 76.8 Å². The normalized spacial score (nSPS) is 14.3. The van der Waals surface area contributed by atoms with Crippen molar-refractivity contribution >= 4 is 49.4 Å². The van der Waals surface area contributed by atoms with Gasteiger partial charge in [-0.2, -0.15) is 0 Å². The van der Waals surface area contributed by atoms with Crippen molar-refractivity contribution in [1.82, 2.24) is 0 Å². The van der Waals surface area contributed by atoms with Gasteiger partial charge in [0, 0.05) is 16.8 Å². The van der Waals surface area contributed by atoms with Gasteiger partial charge < -0.3 is 4.90 Å². The van der Waals surface area contributed by atoms with Crippen molar-refractivity contribution in [2.24, 2.45) is 0 Å². The average Bonchev–Trinajstić information content (AvgIpc) is 4.11. The summed E-state index contributed by atoms with van der Waals surface area (Å²) in [5, 5.41) is 7.59. The van der Waals surface area contributed by atoms with Crippen molar-refractivity contribution in [3.05, 3.63) is 293 Å². The standard InChI is InChI=1S/C68H41N/c1-2-21-45-43(19-1)44-20-3-4-22-46(44)56-41-42(39-40-47(45)56)69(63-37-17-29-54-52-27-9-15-35-61(52)67(65(54)63)57-31-11-5-23-48(57)49-24-6-12-32-58(49)67)64-38-18-30-55-53-28-10-16-36-62(53)68(66(55)64)59-33-13-7-25-50(59)51-26-8-14-34-60(51)68/h1-41H. The quantitative estimate of drug-likeness (QED) is 0.160. The molecule has 16 rings (SSSR count). The molecule has 318 valence electrons. The summed E-state index contributed by atoms with van der Waals surface area (Å²) in [6.07, 6.45) is 0. The molecular formula is C68H41N. The van der Waals surface area contributed by atoms with Gasteiger partial charge in [0.05, 0.1) is 22.2 Å². The zero-order chi connectivity index (χ0) is 45.0. The van der Waals surface area contributed by atoms with Gasteiger partial charge in [-0.3, -0.25) is 0 Å². The number of nitrogens with zero attached hydrogens (tertiary/aromatic N) is 1. The Bertz CT molecular complexity index is 3870. The fourth-order valence-corrected chi connectivity index (χ4v) is 14.1. The summed E-state index contributed by atoms with van der Waals surface area (Å²) in [7, 11) is 0. The second-order valence-corrected chi connectivity index (χ2v) is 19.3. The maximum absolute atomic E-state index is 2.68. The van der Waals surface area contributed by atoms with Crippen molar-refractivity contribution in [3.63, 3.8) is 0 Å². The van der Waals surface area contributed by atoms with Crippen LogP contribution in [0.15, 0.2) is 249 Å². The first-order valence-corrected chi connectivity index (χ1v) is 24.3. The molecule has 0 amide bonds. The van der Waals surface area contributed by atoms with Crippen LogP contribution in [0.3, 0.4) is 0 Å². The number of fused-ring (bicyclic) bond motifs is 26. The maximum atomic E-state index is 2.68. The molecule has 0 aliphatic heterocycles. The molecule has 1 nitrogen and oxygen atoms in total. The third kappa shape index (κ3) is 4.47. The van der Waals surface area contributed by atoms with Crippen LogP contribution in [-0.4, -0.2) is 0 Å². The highest BCUT2D eigenvalue weighted by atomic mass is 15.2. The monoisotopic (exact) mass is 871 g/mol. The zero-order valence-corrected chi connectivity index (χ0v) is 37.6. The molecular weight excluding hydrogens is 831 g/mol. The Morgan fingerprint density at radius 2 is 0.493 bits per heavy atom. The van der Waals surface area contributed by atoms with Crippen molar-refractivity contribution in [1.29, 1.82) is 0 Å². The van der Waals surface area contributed by atoms with Crippen molar-refractivity contribution in [3.8, 4) is 44.5 Å². The largest absolute Gasteiger partial charge is 0.310 e. The number of benzene rings is 12. The van der Waals surface area contributed by atoms with E-state index in [1.165, 1.54) is 133 Å². The first-order valence-electron chi connectivity index (χ1n) is 24.3. The van der Waals surface area contributed by atoms with Gasteiger partial charge in [0.25, 0.3) is 0 Å². The fourth-order valence-electron chi connectivity index (χ4n) is 14.1. The molecule has 0 fully saturated rings. The summed E-state index contributed by atoms with van der Waals surface area (Å²) < 4.78 is 0. The van der Waals surface area contributed by atoms with Crippen LogP contribution in [0.1, 0.15) is 44.5 Å². The Morgan fingerprint density at radius 3 is 0.855 bits per heavy atom. The molecule has 2 spiro atoms. The van der Waals surface area contributed by atoms with E-state index in [4.69, 9.17) is 0 Å². The van der Waals surface area contributed by atoms with Crippen molar-refractivity contribution in [2.75, 3.05) is 4.90 Å². The van der Waals surface area contributed by atoms with E-state index in [0.717, 1.165) is 5.69 Å². The van der Waals surface area contributed by atoms with E-state index in [1.54, 1.807) is 0 Å². The van der Waals surface area contributed by atoms with Crippen LogP contribution in [0.4, 0.5) is 17.1 Å². The van der Waals surface area contributed by atoms with Gasteiger partial charge in [-0.15, -0.1) is 0 Å². The lowest BCUT2D eigenvalue weighted by Gasteiger charge is -2.39. The van der Waals surface area contributed by atoms with Crippen molar-refractivity contribution in [2.45, 2.75) is 10.8 Å². The highest BCUT2D eigenvalue weighted by molar-refractivity contribution is 6.26. The smallest absolute Gasteiger partial charge is 0.0746 e. The lowest BCUT2D eigenvalue weighted by molar-refractivity contribution is 0.785. The zero-order valence-electron chi connectivity index (χ0n) is 37.6. The molecule has 0 bridgehead atoms. The van der Waals surface area contributed by atoms with Crippen molar-refractivity contribution < 1.29 is 0 Å². The summed E-state index contributed by atoms with van der Waals surface area (Å²) >= 11 is 0. The topological polar surface area (TPSA) is 3.24 Å². The predicted molar refractivity (Wildman–Crippen MR) is 286 cm³/mol. The third-order valence-corrected chi connectivity index (χ3v) is 16.4. The van der Waals surface area contributed by atoms with E-state index < -0.39 is 10.8 Å². The average molecular weight is 872 g/mol. The van der Waals surface area contributed by atoms with E-state index in [0.29, 0.717) is 0 Å². The van der Waals surface area contributed by atoms with Gasteiger partial charge >= 0.3 is 0 Å². The molecule has 4 aliphatic carbocycles. The minimum Gasteiger partial charge on any atom is -0.310 e. The van der Waals surface area contributed by atoms with E-state index in [1.807, 2.05) is 0 Å². The van der Waals surface area contributed by atoms with E-state index in [9.17, 15) is 0 Å². The van der Waals surface area contributed by atoms with E-state index in [-0.39, 0.29) is 0 Å². The second kappa shape index (κ2) is 13.4. The molecule has 12 aromatic rings. The molecule has 4 aliphatic rings. The summed E-state index contributed by atoms with van der Waals surface area (Å²) in [6.45, 7) is 0. The van der Waals surface area contributed by atoms with Crippen LogP contribution in [0.2, 0.25) is 0 Å². The molecule has 0 radical (unpaired) electrons. The van der Waals surface area contributed by atoms with Gasteiger partial charge in [0.15, 0.2) is 0 Å². The number of hydrogen-bond acceptors (Lipinski definition) is 1. The Labute approximate surface area is 400 Å². The SMILES string of the molecule is c1ccc2c(c1)-c1ccccc1C21c2ccccc2-c2cccc(N(c3ccc4c5ccccc5c5ccccc5c4c3)c3cccc4c3C3(c5ccccc5-c5ccccc53)c3ccccc3-4)c21. The Hall–Kier alpha value is -8.78. The Kier molecular flexibility index (Phi) is 7.27. The van der Waals surface area contributed by atoms with Gasteiger partial charge in [-0.05, 0) is 134 Å². The summed E-state index contributed by atoms with van der Waals surface area (Å²) in [5.41, 5.74) is 23.3. The molecule has 0 atom stereocenters. The van der Waals surface area contributed by atoms with Gasteiger partial charge in [0.1, 0.15) is 0 Å². The molecule has 0 unspecified atom stereocenters. The number of anilines is 3. The Morgan fingerprint density at radius 1 is 0.217 bits per heavy atom. The number of hydrogen-bond donors (Lipinski definition) is 0. The van der Waals surface area contributed by atoms with Crippen LogP contribution >= 0.6 is 0 Å². The second-order valence-electron chi connectivity index (χ2n) is 19.3. The van der Waals surface area contributed by atoms with Crippen LogP contribution < -0.4 is 4.90 Å². The molecule has 0 saturated carbocycles. The van der Waals surface area contributed by atoms with Gasteiger partial charge in [0.2, 0.25) is 0 Å². The summed E-state index contributed by atoms with van der Waals surface area (Å²) in [4.78, 5) is 2.68. The minimum atomic E-state index is -0.571. The molecule has 0 heterocycles. The lowest BCUT2D eigenvalue weighted by Crippen LogP contribution is -2.30. The van der Waals surface area contributed by atoms with Gasteiger partial charge in [-0.25, -0.2) is 0 Å². The minimum absolute atomic E-state index is 0.571. The molecule has 69 heavy (non-hydrogen) atoms. The van der Waals surface area contributed by atoms with E-state index >= 15 is 0 Å². The number of rotatable bonds is 3. The summed E-state index contributed by atoms with van der Waals surface area (Å²) in [5.74, 6) is 0. The lowest BCUT2D eigenvalue weighted by atomic mass is 9.69. The molecule has 0 aromatic heterocycles. The summed E-state index contributed by atoms with van der Waals surface area (Å²) in [6, 6.07) is 94.6. The molecule has 0 saturated heterocycles. The first kappa shape index (κ1) is 37.3. The maximum Gasteiger partial charge on any atom is 0.0746 e. The highest BCUT2D eigenvalue weighted by Crippen LogP contribution is 2.68. The van der Waals surface area contributed by atoms with Crippen LogP contribution in [0.5, 0.6) is 0 Å². The van der Waals surface area contributed by atoms with Crippen LogP contribution in [-0.2, 0) is 10.8 Å². The first-order chi connectivity index (χ1) is 34.3.